The summed E-state index contributed by atoms with van der Waals surface area (Å²) in [6.45, 7) is 7.01. The van der Waals surface area contributed by atoms with Gasteiger partial charge in [0.05, 0.1) is 17.6 Å². The predicted octanol–water partition coefficient (Wildman–Crippen LogP) is 5.81. The lowest BCUT2D eigenvalue weighted by Crippen LogP contribution is -2.09. The fourth-order valence-electron chi connectivity index (χ4n) is 4.75. The third-order valence-electron chi connectivity index (χ3n) is 6.50. The van der Waals surface area contributed by atoms with Crippen molar-refractivity contribution in [2.24, 2.45) is 0 Å². The van der Waals surface area contributed by atoms with Gasteiger partial charge in [0, 0.05) is 29.2 Å². The average Bonchev–Trinajstić information content (AvgIpc) is 3.45. The minimum atomic E-state index is 0.385. The topological polar surface area (TPSA) is 66.6 Å². The van der Waals surface area contributed by atoms with Gasteiger partial charge in [0.25, 0.3) is 0 Å². The van der Waals surface area contributed by atoms with Crippen LogP contribution >= 0.6 is 0 Å². The third kappa shape index (κ3) is 2.91. The Morgan fingerprint density at radius 1 is 1.00 bits per heavy atom. The molecule has 0 saturated carbocycles. The average molecular weight is 411 g/mol. The van der Waals surface area contributed by atoms with Crippen molar-refractivity contribution in [2.45, 2.75) is 52.6 Å². The van der Waals surface area contributed by atoms with E-state index in [4.69, 9.17) is 9.72 Å². The van der Waals surface area contributed by atoms with Gasteiger partial charge >= 0.3 is 0 Å². The second-order valence-corrected chi connectivity index (χ2v) is 8.87. The van der Waals surface area contributed by atoms with E-state index in [0.29, 0.717) is 12.5 Å². The summed E-state index contributed by atoms with van der Waals surface area (Å²) in [6.07, 6.45) is 4.89. The maximum atomic E-state index is 6.23. The first-order chi connectivity index (χ1) is 15.1. The standard InChI is InChI=1S/C26H26N4O/c1-4-24-28-21-8-6-15-10-20-18-7-5-16(22-12-27-26(29-22)14(2)3)9-17(18)13-31-23(20)11-19(15)25(21)30-24/h5,7,9-12,14H,4,6,8,13H2,1-3H3,(H,27,29)(H,28,30). The Morgan fingerprint density at radius 2 is 1.90 bits per heavy atom. The largest absolute Gasteiger partial charge is 0.488 e. The highest BCUT2D eigenvalue weighted by Crippen LogP contribution is 2.44. The van der Waals surface area contributed by atoms with Gasteiger partial charge in [0.15, 0.2) is 0 Å². The van der Waals surface area contributed by atoms with Gasteiger partial charge in [-0.1, -0.05) is 32.9 Å². The van der Waals surface area contributed by atoms with Crippen molar-refractivity contribution in [1.82, 2.24) is 19.9 Å². The highest BCUT2D eigenvalue weighted by molar-refractivity contribution is 5.83. The number of nitrogens with zero attached hydrogens (tertiary/aromatic N) is 2. The van der Waals surface area contributed by atoms with E-state index in [-0.39, 0.29) is 0 Å². The molecule has 0 atom stereocenters. The number of imidazole rings is 2. The van der Waals surface area contributed by atoms with Crippen LogP contribution < -0.4 is 4.74 Å². The molecule has 156 valence electrons. The molecule has 0 bridgehead atoms. The number of hydrogen-bond donors (Lipinski definition) is 2. The van der Waals surface area contributed by atoms with Crippen molar-refractivity contribution in [1.29, 1.82) is 0 Å². The van der Waals surface area contributed by atoms with Crippen LogP contribution in [-0.2, 0) is 25.9 Å². The van der Waals surface area contributed by atoms with Crippen LogP contribution in [-0.4, -0.2) is 19.9 Å². The minimum Gasteiger partial charge on any atom is -0.488 e. The molecule has 1 aliphatic heterocycles. The van der Waals surface area contributed by atoms with Crippen LogP contribution in [0.4, 0.5) is 0 Å². The van der Waals surface area contributed by atoms with E-state index in [9.17, 15) is 0 Å². The highest BCUT2D eigenvalue weighted by atomic mass is 16.5. The quantitative estimate of drug-likeness (QED) is 0.448. The van der Waals surface area contributed by atoms with Crippen LogP contribution in [0.15, 0.2) is 36.5 Å². The van der Waals surface area contributed by atoms with E-state index in [1.807, 2.05) is 6.20 Å². The van der Waals surface area contributed by atoms with Crippen LogP contribution in [0.3, 0.4) is 0 Å². The summed E-state index contributed by atoms with van der Waals surface area (Å²) in [7, 11) is 0. The Bertz CT molecular complexity index is 1310. The van der Waals surface area contributed by atoms with E-state index < -0.39 is 0 Å². The number of hydrogen-bond acceptors (Lipinski definition) is 3. The van der Waals surface area contributed by atoms with Crippen molar-refractivity contribution in [3.63, 3.8) is 0 Å². The number of aryl methyl sites for hydroxylation is 3. The first-order valence-electron chi connectivity index (χ1n) is 11.2. The lowest BCUT2D eigenvalue weighted by atomic mass is 9.86. The molecule has 2 aromatic carbocycles. The maximum absolute atomic E-state index is 6.23. The Balaban J connectivity index is 1.41. The van der Waals surface area contributed by atoms with Crippen molar-refractivity contribution in [3.8, 4) is 39.4 Å². The molecule has 6 rings (SSSR count). The van der Waals surface area contributed by atoms with Gasteiger partial charge in [-0.3, -0.25) is 0 Å². The molecule has 5 heteroatoms. The van der Waals surface area contributed by atoms with Crippen LogP contribution in [0.5, 0.6) is 5.75 Å². The maximum Gasteiger partial charge on any atom is 0.128 e. The summed E-state index contributed by atoms with van der Waals surface area (Å²) in [5, 5.41) is 0. The molecular formula is C26H26N4O. The van der Waals surface area contributed by atoms with E-state index in [0.717, 1.165) is 53.6 Å². The highest BCUT2D eigenvalue weighted by Gasteiger charge is 2.26. The van der Waals surface area contributed by atoms with Gasteiger partial charge in [-0.25, -0.2) is 9.97 Å². The lowest BCUT2D eigenvalue weighted by molar-refractivity contribution is 0.302. The smallest absolute Gasteiger partial charge is 0.128 e. The molecule has 1 aliphatic carbocycles. The number of nitrogens with one attached hydrogen (secondary N) is 2. The molecule has 0 fully saturated rings. The fraction of sp³-hybridized carbons (Fsp3) is 0.308. The number of aromatic amines is 2. The Hall–Kier alpha value is -3.34. The lowest BCUT2D eigenvalue weighted by Gasteiger charge is -2.25. The number of H-pyrrole nitrogens is 2. The molecule has 2 N–H and O–H groups in total. The normalized spacial score (nSPS) is 13.9. The predicted molar refractivity (Wildman–Crippen MR) is 122 cm³/mol. The number of fused-ring (bicyclic) bond motifs is 6. The summed E-state index contributed by atoms with van der Waals surface area (Å²) in [5.74, 6) is 3.42. The summed E-state index contributed by atoms with van der Waals surface area (Å²) in [5.41, 5.74) is 10.8. The molecule has 0 saturated heterocycles. The molecule has 4 aromatic rings. The number of rotatable bonds is 3. The number of aromatic nitrogens is 4. The number of benzene rings is 2. The van der Waals surface area contributed by atoms with Crippen LogP contribution in [0, 0.1) is 0 Å². The fourth-order valence-corrected chi connectivity index (χ4v) is 4.75. The molecule has 3 heterocycles. The molecular weight excluding hydrogens is 384 g/mol. The van der Waals surface area contributed by atoms with E-state index >= 15 is 0 Å². The van der Waals surface area contributed by atoms with E-state index in [1.54, 1.807) is 0 Å². The summed E-state index contributed by atoms with van der Waals surface area (Å²) >= 11 is 0. The van der Waals surface area contributed by atoms with Gasteiger partial charge in [-0.15, -0.1) is 0 Å². The van der Waals surface area contributed by atoms with Crippen LogP contribution in [0.25, 0.3) is 33.6 Å². The molecule has 2 aliphatic rings. The molecule has 31 heavy (non-hydrogen) atoms. The van der Waals surface area contributed by atoms with Crippen molar-refractivity contribution < 1.29 is 4.74 Å². The van der Waals surface area contributed by atoms with Crippen molar-refractivity contribution >= 4 is 0 Å². The van der Waals surface area contributed by atoms with E-state index in [1.165, 1.54) is 33.5 Å². The monoisotopic (exact) mass is 410 g/mol. The Kier molecular flexibility index (Phi) is 4.07. The number of ether oxygens (including phenoxy) is 1. The molecule has 5 nitrogen and oxygen atoms in total. The Labute approximate surface area is 181 Å². The van der Waals surface area contributed by atoms with Crippen LogP contribution in [0.2, 0.25) is 0 Å². The van der Waals surface area contributed by atoms with Gasteiger partial charge in [-0.2, -0.15) is 0 Å². The molecule has 0 radical (unpaired) electrons. The van der Waals surface area contributed by atoms with Crippen LogP contribution in [0.1, 0.15) is 55.2 Å². The van der Waals surface area contributed by atoms with Gasteiger partial charge in [-0.05, 0) is 53.3 Å². The van der Waals surface area contributed by atoms with Gasteiger partial charge in [0.1, 0.15) is 24.0 Å². The molecule has 0 spiro atoms. The van der Waals surface area contributed by atoms with E-state index in [2.05, 4.69) is 66.1 Å². The van der Waals surface area contributed by atoms with Crippen molar-refractivity contribution in [3.05, 3.63) is 65.0 Å². The molecule has 0 unspecified atom stereocenters. The Morgan fingerprint density at radius 3 is 2.71 bits per heavy atom. The summed E-state index contributed by atoms with van der Waals surface area (Å²) in [4.78, 5) is 16.3. The molecule has 0 amide bonds. The first kappa shape index (κ1) is 18.4. The zero-order chi connectivity index (χ0) is 21.1. The zero-order valence-electron chi connectivity index (χ0n) is 18.2. The first-order valence-corrected chi connectivity index (χ1v) is 11.2. The molecule has 2 aromatic heterocycles. The SMILES string of the molecule is CCc1nc2c([nH]1)CCc1cc3c(cc1-2)OCc1cc(-c2cnc(C(C)C)[nH]2)ccc1-3. The summed E-state index contributed by atoms with van der Waals surface area (Å²) in [6, 6.07) is 11.2. The zero-order valence-corrected chi connectivity index (χ0v) is 18.2. The third-order valence-corrected chi connectivity index (χ3v) is 6.50. The minimum absolute atomic E-state index is 0.385. The second-order valence-electron chi connectivity index (χ2n) is 8.87. The summed E-state index contributed by atoms with van der Waals surface area (Å²) < 4.78 is 6.23. The van der Waals surface area contributed by atoms with Crippen molar-refractivity contribution in [2.75, 3.05) is 0 Å². The van der Waals surface area contributed by atoms with Gasteiger partial charge in [0.2, 0.25) is 0 Å². The van der Waals surface area contributed by atoms with Gasteiger partial charge < -0.3 is 14.7 Å². The second kappa shape index (κ2) is 6.84.